The number of anilines is 1. The molecule has 1 fully saturated rings. The van der Waals surface area contributed by atoms with Crippen molar-refractivity contribution in [3.8, 4) is 5.75 Å². The fraction of sp³-hybridized carbons (Fsp3) is 0.300. The average Bonchev–Trinajstić information content (AvgIpc) is 3.38. The number of rotatable bonds is 5. The quantitative estimate of drug-likeness (QED) is 0.308. The molecule has 9 nitrogen and oxygen atoms in total. The van der Waals surface area contributed by atoms with Crippen LogP contribution in [-0.2, 0) is 15.4 Å². The lowest BCUT2D eigenvalue weighted by molar-refractivity contribution is 0.0860. The summed E-state index contributed by atoms with van der Waals surface area (Å²) in [5.74, 6) is -0.428. The van der Waals surface area contributed by atoms with Crippen molar-refractivity contribution in [3.05, 3.63) is 89.6 Å². The Bertz CT molecular complexity index is 1750. The molecule has 2 aliphatic rings. The van der Waals surface area contributed by atoms with Gasteiger partial charge in [-0.25, -0.2) is 22.0 Å². The van der Waals surface area contributed by atoms with Gasteiger partial charge in [0.15, 0.2) is 0 Å². The first-order chi connectivity index (χ1) is 20.1. The molecule has 42 heavy (non-hydrogen) atoms. The van der Waals surface area contributed by atoms with Crippen LogP contribution in [0.1, 0.15) is 30.1 Å². The maximum Gasteiger partial charge on any atom is 0.322 e. The maximum atomic E-state index is 13.9. The molecule has 2 aliphatic heterocycles. The normalized spacial score (nSPS) is 18.7. The van der Waals surface area contributed by atoms with Crippen LogP contribution in [-0.4, -0.2) is 67.1 Å². The van der Waals surface area contributed by atoms with E-state index in [1.54, 1.807) is 12.0 Å². The molecule has 2 amide bonds. The second-order valence-electron chi connectivity index (χ2n) is 10.7. The van der Waals surface area contributed by atoms with Crippen LogP contribution in [0.2, 0.25) is 0 Å². The summed E-state index contributed by atoms with van der Waals surface area (Å²) >= 11 is 0. The van der Waals surface area contributed by atoms with Crippen LogP contribution in [0.4, 0.5) is 19.3 Å². The number of amides is 2. The molecule has 0 unspecified atom stereocenters. The van der Waals surface area contributed by atoms with Gasteiger partial charge in [0.25, 0.3) is 0 Å². The summed E-state index contributed by atoms with van der Waals surface area (Å²) in [6.45, 7) is 0.158. The summed E-state index contributed by atoms with van der Waals surface area (Å²) in [6, 6.07) is 14.8. The largest absolute Gasteiger partial charge is 0.497 e. The number of urea groups is 1. The molecule has 1 aromatic heterocycles. The van der Waals surface area contributed by atoms with Crippen molar-refractivity contribution in [2.45, 2.75) is 29.2 Å². The minimum absolute atomic E-state index is 0.109. The van der Waals surface area contributed by atoms with Gasteiger partial charge in [0.2, 0.25) is 10.0 Å². The van der Waals surface area contributed by atoms with E-state index in [1.807, 2.05) is 18.2 Å². The van der Waals surface area contributed by atoms with Gasteiger partial charge in [-0.05, 0) is 73.0 Å². The molecule has 6 rings (SSSR count). The third kappa shape index (κ3) is 4.79. The SMILES string of the molecule is COc1ccc2c3c([nH]c2c1)[C@@H](CO)N(C(=O)Nc1ccc(F)cc1)CC31CCN(S(=O)(=O)c2cccc(F)c2)CC1. The highest BCUT2D eigenvalue weighted by Crippen LogP contribution is 2.49. The van der Waals surface area contributed by atoms with Crippen LogP contribution >= 0.6 is 0 Å². The number of H-pyrrole nitrogens is 1. The highest BCUT2D eigenvalue weighted by atomic mass is 32.2. The summed E-state index contributed by atoms with van der Waals surface area (Å²) in [5.41, 5.74) is 2.13. The zero-order valence-corrected chi connectivity index (χ0v) is 23.6. The smallest absolute Gasteiger partial charge is 0.322 e. The fourth-order valence-corrected chi connectivity index (χ4v) is 7.76. The number of sulfonamides is 1. The zero-order chi connectivity index (χ0) is 29.6. The summed E-state index contributed by atoms with van der Waals surface area (Å²) in [5, 5.41) is 14.2. The number of halogens is 2. The Balaban J connectivity index is 1.39. The molecule has 0 bridgehead atoms. The first-order valence-corrected chi connectivity index (χ1v) is 15.0. The first-order valence-electron chi connectivity index (χ1n) is 13.5. The number of hydrogen-bond donors (Lipinski definition) is 3. The lowest BCUT2D eigenvalue weighted by Gasteiger charge is -2.49. The zero-order valence-electron chi connectivity index (χ0n) is 22.8. The molecule has 12 heteroatoms. The van der Waals surface area contributed by atoms with Gasteiger partial charge in [-0.15, -0.1) is 0 Å². The molecule has 1 saturated heterocycles. The van der Waals surface area contributed by atoms with Gasteiger partial charge in [0, 0.05) is 53.4 Å². The van der Waals surface area contributed by atoms with Crippen molar-refractivity contribution in [2.75, 3.05) is 38.7 Å². The lowest BCUT2D eigenvalue weighted by atomic mass is 9.68. The van der Waals surface area contributed by atoms with E-state index in [9.17, 15) is 27.1 Å². The van der Waals surface area contributed by atoms with E-state index in [0.29, 0.717) is 30.0 Å². The van der Waals surface area contributed by atoms with E-state index in [1.165, 1.54) is 46.8 Å². The van der Waals surface area contributed by atoms with Crippen LogP contribution in [0.25, 0.3) is 10.9 Å². The summed E-state index contributed by atoms with van der Waals surface area (Å²) in [6.07, 6.45) is 0.762. The Labute approximate surface area is 241 Å². The molecule has 0 radical (unpaired) electrons. The monoisotopic (exact) mass is 596 g/mol. The number of benzene rings is 3. The van der Waals surface area contributed by atoms with Crippen LogP contribution in [0.15, 0.2) is 71.6 Å². The number of hydrogen-bond acceptors (Lipinski definition) is 5. The molecule has 1 spiro atoms. The number of methoxy groups -OCH3 is 1. The molecule has 4 aromatic rings. The third-order valence-corrected chi connectivity index (χ3v) is 10.3. The third-order valence-electron chi connectivity index (χ3n) is 8.39. The van der Waals surface area contributed by atoms with Gasteiger partial charge in [-0.1, -0.05) is 6.07 Å². The minimum atomic E-state index is -3.94. The van der Waals surface area contributed by atoms with E-state index >= 15 is 0 Å². The number of nitrogens with one attached hydrogen (secondary N) is 2. The van der Waals surface area contributed by atoms with E-state index < -0.39 is 39.1 Å². The molecule has 3 N–H and O–H groups in total. The van der Waals surface area contributed by atoms with Crippen LogP contribution in [0.5, 0.6) is 5.75 Å². The number of ether oxygens (including phenoxy) is 1. The van der Waals surface area contributed by atoms with Crippen molar-refractivity contribution < 1.29 is 31.8 Å². The Morgan fingerprint density at radius 3 is 2.48 bits per heavy atom. The summed E-state index contributed by atoms with van der Waals surface area (Å²) in [4.78, 5) is 18.5. The van der Waals surface area contributed by atoms with E-state index in [4.69, 9.17) is 4.74 Å². The van der Waals surface area contributed by atoms with Crippen molar-refractivity contribution in [2.24, 2.45) is 0 Å². The number of carbonyl (C=O) groups is 1. The number of aliphatic hydroxyl groups excluding tert-OH is 1. The molecule has 220 valence electrons. The molecular formula is C30H30F2N4O5S. The standard InChI is InChI=1S/C30H30F2N4O5S/c1-41-22-9-10-24-25(16-22)34-28-26(17-37)36(29(38)33-21-7-5-19(31)6-8-21)18-30(27(24)28)11-13-35(14-12-30)42(39,40)23-4-2-3-20(32)15-23/h2-10,15-16,26,34,37H,11-14,17-18H2,1H3,(H,33,38)/t26-/m1/s1. The van der Waals surface area contributed by atoms with Crippen molar-refractivity contribution in [1.29, 1.82) is 0 Å². The average molecular weight is 597 g/mol. The van der Waals surface area contributed by atoms with Crippen molar-refractivity contribution >= 4 is 32.6 Å². The van der Waals surface area contributed by atoms with Crippen LogP contribution in [0.3, 0.4) is 0 Å². The Morgan fingerprint density at radius 1 is 1.07 bits per heavy atom. The Kier molecular flexibility index (Phi) is 7.16. The second kappa shape index (κ2) is 10.7. The number of piperidine rings is 1. The van der Waals surface area contributed by atoms with Gasteiger partial charge in [-0.2, -0.15) is 4.31 Å². The minimum Gasteiger partial charge on any atom is -0.497 e. The predicted molar refractivity (Wildman–Crippen MR) is 153 cm³/mol. The number of aromatic nitrogens is 1. The Hall–Kier alpha value is -4.00. The molecule has 0 saturated carbocycles. The number of aliphatic hydroxyl groups is 1. The van der Waals surface area contributed by atoms with Gasteiger partial charge in [0.1, 0.15) is 17.4 Å². The molecule has 3 aromatic carbocycles. The lowest BCUT2D eigenvalue weighted by Crippen LogP contribution is -2.56. The molecule has 3 heterocycles. The Morgan fingerprint density at radius 2 is 1.81 bits per heavy atom. The van der Waals surface area contributed by atoms with Gasteiger partial charge >= 0.3 is 6.03 Å². The maximum absolute atomic E-state index is 13.9. The van der Waals surface area contributed by atoms with E-state index in [-0.39, 0.29) is 31.1 Å². The fourth-order valence-electron chi connectivity index (χ4n) is 6.29. The van der Waals surface area contributed by atoms with E-state index in [2.05, 4.69) is 10.3 Å². The number of carbonyl (C=O) groups excluding carboxylic acids is 1. The van der Waals surface area contributed by atoms with E-state index in [0.717, 1.165) is 22.5 Å². The molecule has 1 atom stereocenters. The predicted octanol–water partition coefficient (Wildman–Crippen LogP) is 4.76. The first kappa shape index (κ1) is 28.1. The molecule has 0 aliphatic carbocycles. The number of nitrogens with zero attached hydrogens (tertiary/aromatic N) is 2. The second-order valence-corrected chi connectivity index (χ2v) is 12.7. The highest BCUT2D eigenvalue weighted by Gasteiger charge is 2.50. The summed E-state index contributed by atoms with van der Waals surface area (Å²) in [7, 11) is -2.37. The van der Waals surface area contributed by atoms with Crippen molar-refractivity contribution in [3.63, 3.8) is 0 Å². The topological polar surface area (TPSA) is 115 Å². The summed E-state index contributed by atoms with van der Waals surface area (Å²) < 4.78 is 60.9. The highest BCUT2D eigenvalue weighted by molar-refractivity contribution is 7.89. The van der Waals surface area contributed by atoms with Crippen molar-refractivity contribution in [1.82, 2.24) is 14.2 Å². The number of fused-ring (bicyclic) bond motifs is 4. The number of aromatic amines is 1. The van der Waals surface area contributed by atoms with Gasteiger partial charge < -0.3 is 25.0 Å². The molecular weight excluding hydrogens is 566 g/mol. The van der Waals surface area contributed by atoms with Gasteiger partial charge in [-0.3, -0.25) is 0 Å². The van der Waals surface area contributed by atoms with Crippen LogP contribution < -0.4 is 10.1 Å². The van der Waals surface area contributed by atoms with Crippen LogP contribution in [0, 0.1) is 11.6 Å². The van der Waals surface area contributed by atoms with Gasteiger partial charge in [0.05, 0.1) is 24.7 Å².